The van der Waals surface area contributed by atoms with E-state index >= 15 is 0 Å². The van der Waals surface area contributed by atoms with Gasteiger partial charge < -0.3 is 9.30 Å². The van der Waals surface area contributed by atoms with Crippen LogP contribution in [0.5, 0.6) is 0 Å². The van der Waals surface area contributed by atoms with Crippen molar-refractivity contribution in [1.29, 1.82) is 0 Å². The van der Waals surface area contributed by atoms with E-state index in [1.54, 1.807) is 7.05 Å². The normalized spacial score (nSPS) is 10.2. The number of nitrogens with one attached hydrogen (secondary N) is 1. The Hall–Kier alpha value is -1.36. The molecule has 1 aromatic rings. The molecule has 0 amide bonds. The number of hydrogen-bond acceptors (Lipinski definition) is 3. The molecule has 0 aliphatic carbocycles. The van der Waals surface area contributed by atoms with Gasteiger partial charge in [-0.15, -0.1) is 0 Å². The average molecular weight is 170 g/mol. The molecule has 1 heterocycles. The lowest BCUT2D eigenvalue weighted by molar-refractivity contribution is 0.183. The van der Waals surface area contributed by atoms with E-state index in [-0.39, 0.29) is 12.2 Å². The summed E-state index contributed by atoms with van der Waals surface area (Å²) in [5.41, 5.74) is -0.362. The number of H-pyrrole nitrogens is 1. The molecule has 1 N–H and O–H groups in total. The summed E-state index contributed by atoms with van der Waals surface area (Å²) < 4.78 is 6.07. The van der Waals surface area contributed by atoms with E-state index < -0.39 is 5.69 Å². The van der Waals surface area contributed by atoms with Crippen LogP contribution in [0.3, 0.4) is 0 Å². The van der Waals surface area contributed by atoms with Gasteiger partial charge in [-0.25, -0.2) is 4.79 Å². The summed E-state index contributed by atoms with van der Waals surface area (Å²) in [4.78, 5) is 24.1. The fourth-order valence-corrected chi connectivity index (χ4v) is 0.875. The van der Waals surface area contributed by atoms with Crippen LogP contribution in [0.1, 0.15) is 5.56 Å². The molecule has 5 nitrogen and oxygen atoms in total. The number of aromatic nitrogens is 2. The molecule has 0 unspecified atom stereocenters. The summed E-state index contributed by atoms with van der Waals surface area (Å²) in [5, 5.41) is 0. The first-order chi connectivity index (χ1) is 5.65. The molecule has 0 saturated carbocycles. The highest BCUT2D eigenvalue weighted by Gasteiger charge is 2.00. The van der Waals surface area contributed by atoms with E-state index in [2.05, 4.69) is 4.98 Å². The van der Waals surface area contributed by atoms with E-state index in [1.807, 2.05) is 0 Å². The maximum Gasteiger partial charge on any atom is 0.328 e. The lowest BCUT2D eigenvalue weighted by Crippen LogP contribution is -2.30. The van der Waals surface area contributed by atoms with Crippen LogP contribution in [0.2, 0.25) is 0 Å². The summed E-state index contributed by atoms with van der Waals surface area (Å²) in [7, 11) is 3.06. The van der Waals surface area contributed by atoms with Crippen molar-refractivity contribution in [2.45, 2.75) is 6.61 Å². The maximum atomic E-state index is 11.0. The van der Waals surface area contributed by atoms with Crippen molar-refractivity contribution in [2.75, 3.05) is 7.11 Å². The van der Waals surface area contributed by atoms with Gasteiger partial charge >= 0.3 is 5.69 Å². The Balaban J connectivity index is 3.24. The van der Waals surface area contributed by atoms with Gasteiger partial charge in [-0.3, -0.25) is 9.78 Å². The zero-order valence-electron chi connectivity index (χ0n) is 6.96. The molecule has 0 atom stereocenters. The van der Waals surface area contributed by atoms with Crippen LogP contribution in [0.4, 0.5) is 0 Å². The predicted molar refractivity (Wildman–Crippen MR) is 43.0 cm³/mol. The Labute approximate surface area is 68.6 Å². The van der Waals surface area contributed by atoms with Crippen molar-refractivity contribution < 1.29 is 4.74 Å². The minimum Gasteiger partial charge on any atom is -0.380 e. The third kappa shape index (κ3) is 1.62. The zero-order chi connectivity index (χ0) is 9.14. The molecular weight excluding hydrogens is 160 g/mol. The van der Waals surface area contributed by atoms with Crippen LogP contribution in [0.25, 0.3) is 0 Å². The van der Waals surface area contributed by atoms with Crippen molar-refractivity contribution in [3.63, 3.8) is 0 Å². The monoisotopic (exact) mass is 170 g/mol. The minimum absolute atomic E-state index is 0.212. The van der Waals surface area contributed by atoms with Crippen molar-refractivity contribution >= 4 is 0 Å². The van der Waals surface area contributed by atoms with Gasteiger partial charge in [0.1, 0.15) is 0 Å². The van der Waals surface area contributed by atoms with Crippen LogP contribution >= 0.6 is 0 Å². The molecular formula is C7H10N2O3. The van der Waals surface area contributed by atoms with E-state index in [1.165, 1.54) is 17.9 Å². The van der Waals surface area contributed by atoms with Crippen LogP contribution in [0, 0.1) is 0 Å². The highest BCUT2D eigenvalue weighted by atomic mass is 16.5. The van der Waals surface area contributed by atoms with E-state index in [4.69, 9.17) is 4.74 Å². The molecule has 0 radical (unpaired) electrons. The number of aromatic amines is 1. The van der Waals surface area contributed by atoms with Crippen molar-refractivity contribution in [3.8, 4) is 0 Å². The maximum absolute atomic E-state index is 11.0. The second-order valence-electron chi connectivity index (χ2n) is 2.46. The van der Waals surface area contributed by atoms with Crippen LogP contribution in [-0.4, -0.2) is 16.7 Å². The third-order valence-corrected chi connectivity index (χ3v) is 1.48. The van der Waals surface area contributed by atoms with Gasteiger partial charge in [0.25, 0.3) is 5.56 Å². The van der Waals surface area contributed by atoms with E-state index in [0.717, 1.165) is 0 Å². The van der Waals surface area contributed by atoms with Gasteiger partial charge in [-0.05, 0) is 0 Å². The number of aryl methyl sites for hydroxylation is 1. The van der Waals surface area contributed by atoms with E-state index in [9.17, 15) is 9.59 Å². The first-order valence-electron chi connectivity index (χ1n) is 3.43. The van der Waals surface area contributed by atoms with Gasteiger partial charge in [0.15, 0.2) is 0 Å². The van der Waals surface area contributed by atoms with Gasteiger partial charge in [0.05, 0.1) is 12.2 Å². The fraction of sp³-hybridized carbons (Fsp3) is 0.429. The zero-order valence-corrected chi connectivity index (χ0v) is 6.96. The Morgan fingerprint density at radius 1 is 1.58 bits per heavy atom. The first kappa shape index (κ1) is 8.73. The number of nitrogens with zero attached hydrogens (tertiary/aromatic N) is 1. The third-order valence-electron chi connectivity index (χ3n) is 1.48. The first-order valence-corrected chi connectivity index (χ1v) is 3.43. The average Bonchev–Trinajstić information content (AvgIpc) is 2.01. The summed E-state index contributed by atoms with van der Waals surface area (Å²) >= 11 is 0. The summed E-state index contributed by atoms with van der Waals surface area (Å²) in [6.45, 7) is 0.212. The Morgan fingerprint density at radius 2 is 2.25 bits per heavy atom. The molecule has 0 aliphatic heterocycles. The van der Waals surface area contributed by atoms with Crippen LogP contribution in [0.15, 0.2) is 15.8 Å². The Kier molecular flexibility index (Phi) is 2.44. The predicted octanol–water partition coefficient (Wildman–Crippen LogP) is -0.780. The number of ether oxygens (including phenoxy) is 1. The molecule has 0 bridgehead atoms. The summed E-state index contributed by atoms with van der Waals surface area (Å²) in [6.07, 6.45) is 1.46. The molecule has 66 valence electrons. The van der Waals surface area contributed by atoms with Gasteiger partial charge in [0, 0.05) is 20.4 Å². The molecule has 0 aliphatic rings. The van der Waals surface area contributed by atoms with Crippen molar-refractivity contribution in [1.82, 2.24) is 9.55 Å². The van der Waals surface area contributed by atoms with Crippen molar-refractivity contribution in [2.24, 2.45) is 7.05 Å². The second-order valence-corrected chi connectivity index (χ2v) is 2.46. The smallest absolute Gasteiger partial charge is 0.328 e. The topological polar surface area (TPSA) is 64.1 Å². The quantitative estimate of drug-likeness (QED) is 0.633. The molecule has 1 aromatic heterocycles. The number of hydrogen-bond donors (Lipinski definition) is 1. The molecule has 5 heteroatoms. The van der Waals surface area contributed by atoms with Gasteiger partial charge in [-0.1, -0.05) is 0 Å². The minimum atomic E-state index is -0.417. The highest BCUT2D eigenvalue weighted by Crippen LogP contribution is 1.87. The van der Waals surface area contributed by atoms with E-state index in [0.29, 0.717) is 5.56 Å². The second kappa shape index (κ2) is 3.36. The lowest BCUT2D eigenvalue weighted by Gasteiger charge is -2.00. The molecule has 0 aromatic carbocycles. The number of methoxy groups -OCH3 is 1. The fourth-order valence-electron chi connectivity index (χ4n) is 0.875. The molecule has 0 fully saturated rings. The molecule has 0 spiro atoms. The lowest BCUT2D eigenvalue weighted by atomic mass is 10.3. The summed E-state index contributed by atoms with van der Waals surface area (Å²) in [6, 6.07) is 0. The molecule has 12 heavy (non-hydrogen) atoms. The van der Waals surface area contributed by atoms with Gasteiger partial charge in [-0.2, -0.15) is 0 Å². The SMILES string of the molecule is COCc1cn(C)c(=O)[nH]c1=O. The standard InChI is InChI=1S/C7H10N2O3/c1-9-3-5(4-12-2)6(10)8-7(9)11/h3H,4H2,1-2H3,(H,8,10,11). The molecule has 1 rings (SSSR count). The summed E-state index contributed by atoms with van der Waals surface area (Å²) in [5.74, 6) is 0. The Morgan fingerprint density at radius 3 is 2.83 bits per heavy atom. The number of rotatable bonds is 2. The van der Waals surface area contributed by atoms with Crippen molar-refractivity contribution in [3.05, 3.63) is 32.6 Å². The van der Waals surface area contributed by atoms with Gasteiger partial charge in [0.2, 0.25) is 0 Å². The van der Waals surface area contributed by atoms with Crippen LogP contribution < -0.4 is 11.2 Å². The molecule has 0 saturated heterocycles. The largest absolute Gasteiger partial charge is 0.380 e. The highest BCUT2D eigenvalue weighted by molar-refractivity contribution is 5.02. The van der Waals surface area contributed by atoms with Crippen LogP contribution in [-0.2, 0) is 18.4 Å². The Bertz CT molecular complexity index is 377.